The lowest BCUT2D eigenvalue weighted by Crippen LogP contribution is -2.47. The number of nitrogens with zero attached hydrogens (tertiary/aromatic N) is 5. The lowest BCUT2D eigenvalue weighted by Gasteiger charge is -2.38. The number of hydrogen-bond acceptors (Lipinski definition) is 7. The number of carbonyl (C=O) groups excluding carboxylic acids is 3. The summed E-state index contributed by atoms with van der Waals surface area (Å²) >= 11 is 6.08. The Morgan fingerprint density at radius 3 is 2.37 bits per heavy atom. The zero-order chi connectivity index (χ0) is 38.6. The molecule has 280 valence electrons. The Hall–Kier alpha value is -4.40. The van der Waals surface area contributed by atoms with Gasteiger partial charge in [0.05, 0.1) is 22.7 Å². The van der Waals surface area contributed by atoms with E-state index in [0.717, 1.165) is 17.5 Å². The molecular formula is C40H53ClN6O5. The van der Waals surface area contributed by atoms with Crippen molar-refractivity contribution in [2.24, 2.45) is 5.41 Å². The van der Waals surface area contributed by atoms with Crippen molar-refractivity contribution >= 4 is 46.5 Å². The number of benzene rings is 2. The van der Waals surface area contributed by atoms with Crippen molar-refractivity contribution in [3.8, 4) is 6.07 Å². The van der Waals surface area contributed by atoms with Crippen LogP contribution in [-0.4, -0.2) is 73.7 Å². The fraction of sp³-hybridized carbons (Fsp3) is 0.525. The van der Waals surface area contributed by atoms with Crippen LogP contribution in [0.25, 0.3) is 11.0 Å². The summed E-state index contributed by atoms with van der Waals surface area (Å²) in [4.78, 5) is 49.1. The largest absolute Gasteiger partial charge is 0.444 e. The number of halogens is 1. The summed E-state index contributed by atoms with van der Waals surface area (Å²) < 4.78 is 13.5. The van der Waals surface area contributed by atoms with E-state index < -0.39 is 17.3 Å². The summed E-state index contributed by atoms with van der Waals surface area (Å²) in [6.07, 6.45) is 2.65. The highest BCUT2D eigenvalue weighted by molar-refractivity contribution is 6.30. The van der Waals surface area contributed by atoms with Gasteiger partial charge in [0.2, 0.25) is 5.95 Å². The third kappa shape index (κ3) is 10.1. The van der Waals surface area contributed by atoms with Crippen molar-refractivity contribution < 1.29 is 23.9 Å². The highest BCUT2D eigenvalue weighted by Crippen LogP contribution is 2.31. The average molecular weight is 733 g/mol. The van der Waals surface area contributed by atoms with Crippen LogP contribution in [0.2, 0.25) is 5.02 Å². The van der Waals surface area contributed by atoms with E-state index in [1.165, 1.54) is 0 Å². The van der Waals surface area contributed by atoms with Crippen LogP contribution < -0.4 is 5.32 Å². The molecule has 0 saturated carbocycles. The van der Waals surface area contributed by atoms with Gasteiger partial charge in [-0.15, -0.1) is 0 Å². The molecule has 0 bridgehead atoms. The number of fused-ring (bicyclic) bond motifs is 1. The van der Waals surface area contributed by atoms with Gasteiger partial charge in [0, 0.05) is 42.9 Å². The summed E-state index contributed by atoms with van der Waals surface area (Å²) in [6, 6.07) is 14.0. The van der Waals surface area contributed by atoms with E-state index in [1.807, 2.05) is 71.2 Å². The van der Waals surface area contributed by atoms with Gasteiger partial charge in [-0.1, -0.05) is 38.4 Å². The molecule has 3 aromatic rings. The molecule has 2 atom stereocenters. The Bertz CT molecular complexity index is 1840. The molecule has 1 fully saturated rings. The first-order valence-electron chi connectivity index (χ1n) is 17.9. The molecule has 1 saturated heterocycles. The van der Waals surface area contributed by atoms with Gasteiger partial charge >= 0.3 is 6.09 Å². The van der Waals surface area contributed by atoms with Gasteiger partial charge in [-0.3, -0.25) is 14.9 Å². The van der Waals surface area contributed by atoms with Crippen LogP contribution in [0.15, 0.2) is 54.1 Å². The maximum atomic E-state index is 13.8. The van der Waals surface area contributed by atoms with E-state index >= 15 is 0 Å². The van der Waals surface area contributed by atoms with Crippen LogP contribution in [0.1, 0.15) is 98.0 Å². The second-order valence-corrected chi connectivity index (χ2v) is 16.4. The normalized spacial score (nSPS) is 16.1. The van der Waals surface area contributed by atoms with E-state index in [2.05, 4.69) is 32.2 Å². The molecule has 0 aliphatic carbocycles. The SMILES string of the molecule is CCOC(C)(C)C=C(C#N)C(=O)N1CCCC1Cn1c(NC(=O)c2ccc(Cl)cc2)nc2cc(CN(C(=O)OC(C)(C)C)[C@@H](C)C(C)(C)C)ccc21. The molecule has 1 aliphatic rings. The molecule has 0 spiro atoms. The topological polar surface area (TPSA) is 130 Å². The summed E-state index contributed by atoms with van der Waals surface area (Å²) in [5, 5.41) is 13.5. The second-order valence-electron chi connectivity index (χ2n) is 16.0. The number of aromatic nitrogens is 2. The Kier molecular flexibility index (Phi) is 12.5. The van der Waals surface area contributed by atoms with Gasteiger partial charge < -0.3 is 23.8 Å². The highest BCUT2D eigenvalue weighted by Gasteiger charge is 2.35. The zero-order valence-corrected chi connectivity index (χ0v) is 32.9. The van der Waals surface area contributed by atoms with Crippen LogP contribution in [0, 0.1) is 16.7 Å². The molecule has 2 aromatic carbocycles. The predicted molar refractivity (Wildman–Crippen MR) is 204 cm³/mol. The van der Waals surface area contributed by atoms with Crippen LogP contribution in [0.3, 0.4) is 0 Å². The molecule has 1 unspecified atom stereocenters. The lowest BCUT2D eigenvalue weighted by atomic mass is 9.87. The van der Waals surface area contributed by atoms with Crippen molar-refractivity contribution in [2.75, 3.05) is 18.5 Å². The second kappa shape index (κ2) is 16.1. The first-order chi connectivity index (χ1) is 24.2. The number of nitrogens with one attached hydrogen (secondary N) is 1. The highest BCUT2D eigenvalue weighted by atomic mass is 35.5. The Morgan fingerprint density at radius 1 is 1.10 bits per heavy atom. The number of hydrogen-bond donors (Lipinski definition) is 1. The average Bonchev–Trinajstić information content (AvgIpc) is 3.65. The number of carbonyl (C=O) groups is 3. The predicted octanol–water partition coefficient (Wildman–Crippen LogP) is 8.37. The van der Waals surface area contributed by atoms with Gasteiger partial charge in [0.1, 0.15) is 17.2 Å². The van der Waals surface area contributed by atoms with Crippen LogP contribution in [-0.2, 0) is 27.4 Å². The van der Waals surface area contributed by atoms with Crippen LogP contribution in [0.4, 0.5) is 10.7 Å². The Morgan fingerprint density at radius 2 is 1.77 bits per heavy atom. The van der Waals surface area contributed by atoms with Crippen molar-refractivity contribution in [3.05, 3.63) is 70.3 Å². The van der Waals surface area contributed by atoms with Crippen LogP contribution in [0.5, 0.6) is 0 Å². The maximum Gasteiger partial charge on any atom is 0.410 e. The monoisotopic (exact) mass is 732 g/mol. The van der Waals surface area contributed by atoms with Gasteiger partial charge in [-0.2, -0.15) is 5.26 Å². The number of likely N-dealkylation sites (tertiary alicyclic amines) is 1. The van der Waals surface area contributed by atoms with Crippen molar-refractivity contribution in [2.45, 2.75) is 118 Å². The molecule has 3 amide bonds. The fourth-order valence-electron chi connectivity index (χ4n) is 6.23. The minimum absolute atomic E-state index is 0.0285. The van der Waals surface area contributed by atoms with Crippen molar-refractivity contribution in [1.29, 1.82) is 5.26 Å². The standard InChI is InChI=1S/C40H53ClN6O5/c1-11-51-40(9,10)22-29(23-42)35(49)45-20-12-13-31(45)25-47-33-19-14-27(24-46(26(2)38(3,4)5)37(50)52-39(6,7)8)21-32(33)43-36(47)44-34(48)28-15-17-30(41)18-16-28/h14-19,21-22,26,31H,11-13,20,24-25H2,1-10H3,(H,43,44,48)/t26-,31?/m0/s1. The molecule has 52 heavy (non-hydrogen) atoms. The zero-order valence-electron chi connectivity index (χ0n) is 32.2. The Labute approximate surface area is 312 Å². The number of rotatable bonds is 11. The maximum absolute atomic E-state index is 13.8. The summed E-state index contributed by atoms with van der Waals surface area (Å²) in [5.41, 5.74) is 0.975. The lowest BCUT2D eigenvalue weighted by molar-refractivity contribution is -0.127. The number of ether oxygens (including phenoxy) is 2. The summed E-state index contributed by atoms with van der Waals surface area (Å²) in [5.74, 6) is -0.408. The smallest absolute Gasteiger partial charge is 0.410 e. The minimum atomic E-state index is -0.786. The molecule has 2 heterocycles. The number of nitriles is 1. The van der Waals surface area contributed by atoms with E-state index in [-0.39, 0.29) is 41.4 Å². The van der Waals surface area contributed by atoms with Crippen molar-refractivity contribution in [1.82, 2.24) is 19.4 Å². The van der Waals surface area contributed by atoms with Gasteiger partial charge in [0.15, 0.2) is 0 Å². The molecule has 12 heteroatoms. The first kappa shape index (κ1) is 40.4. The van der Waals surface area contributed by atoms with Crippen molar-refractivity contribution in [3.63, 3.8) is 0 Å². The number of anilines is 1. The van der Waals surface area contributed by atoms with E-state index in [0.29, 0.717) is 48.2 Å². The molecule has 4 rings (SSSR count). The van der Waals surface area contributed by atoms with E-state index in [1.54, 1.807) is 40.1 Å². The molecule has 1 aliphatic heterocycles. The minimum Gasteiger partial charge on any atom is -0.444 e. The molecule has 1 N–H and O–H groups in total. The third-order valence-corrected chi connectivity index (χ3v) is 9.49. The van der Waals surface area contributed by atoms with E-state index in [9.17, 15) is 19.6 Å². The van der Waals surface area contributed by atoms with Crippen LogP contribution >= 0.6 is 11.6 Å². The van der Waals surface area contributed by atoms with Gasteiger partial charge in [-0.05, 0) is 115 Å². The number of imidazole rings is 1. The fourth-order valence-corrected chi connectivity index (χ4v) is 6.36. The molecular weight excluding hydrogens is 680 g/mol. The quantitative estimate of drug-likeness (QED) is 0.155. The summed E-state index contributed by atoms with van der Waals surface area (Å²) in [7, 11) is 0. The molecule has 0 radical (unpaired) electrons. The summed E-state index contributed by atoms with van der Waals surface area (Å²) in [6.45, 7) is 20.9. The van der Waals surface area contributed by atoms with Gasteiger partial charge in [-0.25, -0.2) is 9.78 Å². The Balaban J connectivity index is 1.73. The number of amides is 3. The molecule has 11 nitrogen and oxygen atoms in total. The first-order valence-corrected chi connectivity index (χ1v) is 18.2. The molecule has 1 aromatic heterocycles. The van der Waals surface area contributed by atoms with Gasteiger partial charge in [0.25, 0.3) is 11.8 Å². The van der Waals surface area contributed by atoms with E-state index in [4.69, 9.17) is 26.1 Å². The third-order valence-electron chi connectivity index (χ3n) is 9.24.